The Balaban J connectivity index is 1.94. The van der Waals surface area contributed by atoms with Gasteiger partial charge in [-0.1, -0.05) is 13.3 Å². The van der Waals surface area contributed by atoms with E-state index in [0.717, 1.165) is 23.2 Å². The van der Waals surface area contributed by atoms with Crippen molar-refractivity contribution >= 4 is 11.0 Å². The molecule has 0 saturated heterocycles. The second-order valence-electron chi connectivity index (χ2n) is 5.08. The van der Waals surface area contributed by atoms with Crippen LogP contribution < -0.4 is 0 Å². The average Bonchev–Trinajstić information content (AvgIpc) is 3.04. The fraction of sp³-hybridized carbons (Fsp3) is 0.538. The molecule has 1 aliphatic rings. The van der Waals surface area contributed by atoms with Crippen molar-refractivity contribution in [1.82, 2.24) is 14.8 Å². The van der Waals surface area contributed by atoms with Crippen molar-refractivity contribution < 1.29 is 13.2 Å². The molecule has 2 heterocycles. The molecular weight excluding hydrogens is 255 g/mol. The first-order chi connectivity index (χ1) is 8.98. The van der Waals surface area contributed by atoms with E-state index in [1.54, 1.807) is 0 Å². The van der Waals surface area contributed by atoms with Crippen LogP contribution in [0.1, 0.15) is 31.4 Å². The Morgan fingerprint density at radius 3 is 2.79 bits per heavy atom. The number of hydrogen-bond acceptors (Lipinski definition) is 2. The van der Waals surface area contributed by atoms with E-state index in [1.807, 2.05) is 12.1 Å². The van der Waals surface area contributed by atoms with Gasteiger partial charge in [0, 0.05) is 17.0 Å². The smallest absolute Gasteiger partial charge is 0.238 e. The molecule has 0 radical (unpaired) electrons. The maximum absolute atomic E-state index is 12.4. The quantitative estimate of drug-likeness (QED) is 0.853. The molecule has 0 unspecified atom stereocenters. The lowest BCUT2D eigenvalue weighted by molar-refractivity contribution is -0.141. The van der Waals surface area contributed by atoms with Gasteiger partial charge in [-0.05, 0) is 24.5 Å². The van der Waals surface area contributed by atoms with Gasteiger partial charge in [-0.2, -0.15) is 18.3 Å². The summed E-state index contributed by atoms with van der Waals surface area (Å²) in [4.78, 5) is 4.38. The third kappa shape index (κ3) is 2.43. The van der Waals surface area contributed by atoms with Gasteiger partial charge in [0.2, 0.25) is 0 Å². The fourth-order valence-electron chi connectivity index (χ4n) is 2.52. The zero-order valence-electron chi connectivity index (χ0n) is 10.5. The molecule has 3 nitrogen and oxygen atoms in total. The summed E-state index contributed by atoms with van der Waals surface area (Å²) in [5, 5.41) is 4.43. The number of aromatic nitrogens is 3. The minimum atomic E-state index is -4.28. The summed E-state index contributed by atoms with van der Waals surface area (Å²) >= 11 is 0. The van der Waals surface area contributed by atoms with Crippen LogP contribution in [-0.2, 0) is 6.54 Å². The zero-order valence-corrected chi connectivity index (χ0v) is 10.5. The molecule has 0 spiro atoms. The van der Waals surface area contributed by atoms with Gasteiger partial charge in [0.05, 0.1) is 6.20 Å². The van der Waals surface area contributed by atoms with Gasteiger partial charge in [-0.15, -0.1) is 0 Å². The molecule has 1 aliphatic carbocycles. The molecule has 1 fully saturated rings. The molecule has 0 amide bonds. The van der Waals surface area contributed by atoms with Crippen molar-refractivity contribution in [3.8, 4) is 0 Å². The Hall–Kier alpha value is -1.59. The third-order valence-corrected chi connectivity index (χ3v) is 3.66. The summed E-state index contributed by atoms with van der Waals surface area (Å²) in [7, 11) is 0. The largest absolute Gasteiger partial charge is 0.408 e. The van der Waals surface area contributed by atoms with Gasteiger partial charge in [-0.25, -0.2) is 9.67 Å². The number of rotatable bonds is 3. The summed E-state index contributed by atoms with van der Waals surface area (Å²) in [6.45, 7) is 1.03. The minimum absolute atomic E-state index is 0.330. The third-order valence-electron chi connectivity index (χ3n) is 3.66. The van der Waals surface area contributed by atoms with Crippen molar-refractivity contribution in [2.45, 2.75) is 38.4 Å². The van der Waals surface area contributed by atoms with Gasteiger partial charge < -0.3 is 0 Å². The molecule has 0 bridgehead atoms. The highest BCUT2D eigenvalue weighted by Gasteiger charge is 2.38. The summed E-state index contributed by atoms with van der Waals surface area (Å²) < 4.78 is 38.3. The highest BCUT2D eigenvalue weighted by molar-refractivity contribution is 5.74. The Morgan fingerprint density at radius 2 is 2.16 bits per heavy atom. The van der Waals surface area contributed by atoms with E-state index in [4.69, 9.17) is 0 Å². The van der Waals surface area contributed by atoms with Crippen LogP contribution in [0.15, 0.2) is 18.3 Å². The molecule has 0 aliphatic heterocycles. The Bertz CT molecular complexity index is 603. The average molecular weight is 269 g/mol. The van der Waals surface area contributed by atoms with Gasteiger partial charge >= 0.3 is 6.18 Å². The number of pyridine rings is 1. The van der Waals surface area contributed by atoms with Crippen LogP contribution in [-0.4, -0.2) is 20.9 Å². The maximum Gasteiger partial charge on any atom is 0.408 e. The van der Waals surface area contributed by atoms with Gasteiger partial charge in [0.25, 0.3) is 0 Å². The SMILES string of the molecule is CC[C@H]1C[C@@H]1c1ccc2cnn(CC(F)(F)F)c2n1. The Morgan fingerprint density at radius 1 is 1.37 bits per heavy atom. The van der Waals surface area contributed by atoms with Crippen molar-refractivity contribution in [3.63, 3.8) is 0 Å². The van der Waals surface area contributed by atoms with E-state index >= 15 is 0 Å². The van der Waals surface area contributed by atoms with Crippen LogP contribution in [0.3, 0.4) is 0 Å². The first kappa shape index (κ1) is 12.4. The number of nitrogens with zero attached hydrogens (tertiary/aromatic N) is 3. The van der Waals surface area contributed by atoms with Crippen molar-refractivity contribution in [2.24, 2.45) is 5.92 Å². The van der Waals surface area contributed by atoms with Gasteiger partial charge in [0.1, 0.15) is 6.54 Å². The van der Waals surface area contributed by atoms with Gasteiger partial charge in [-0.3, -0.25) is 0 Å². The molecule has 19 heavy (non-hydrogen) atoms. The predicted octanol–water partition coefficient (Wildman–Crippen LogP) is 3.51. The fourth-order valence-corrected chi connectivity index (χ4v) is 2.52. The maximum atomic E-state index is 12.4. The van der Waals surface area contributed by atoms with Crippen molar-refractivity contribution in [1.29, 1.82) is 0 Å². The van der Waals surface area contributed by atoms with Crippen LogP contribution in [0, 0.1) is 5.92 Å². The van der Waals surface area contributed by atoms with Crippen LogP contribution in [0.4, 0.5) is 13.2 Å². The van der Waals surface area contributed by atoms with E-state index in [-0.39, 0.29) is 0 Å². The molecule has 1 saturated carbocycles. The van der Waals surface area contributed by atoms with E-state index in [9.17, 15) is 13.2 Å². The summed E-state index contributed by atoms with van der Waals surface area (Å²) in [5.74, 6) is 1.03. The number of alkyl halides is 3. The minimum Gasteiger partial charge on any atom is -0.238 e. The predicted molar refractivity (Wildman–Crippen MR) is 64.7 cm³/mol. The van der Waals surface area contributed by atoms with E-state index in [0.29, 0.717) is 22.9 Å². The summed E-state index contributed by atoms with van der Waals surface area (Å²) in [5.41, 5.74) is 1.22. The van der Waals surface area contributed by atoms with E-state index in [1.165, 1.54) is 6.20 Å². The van der Waals surface area contributed by atoms with Gasteiger partial charge in [0.15, 0.2) is 5.65 Å². The topological polar surface area (TPSA) is 30.7 Å². The first-order valence-electron chi connectivity index (χ1n) is 6.37. The van der Waals surface area contributed by atoms with Crippen molar-refractivity contribution in [3.05, 3.63) is 24.0 Å². The molecular formula is C13H14F3N3. The molecule has 6 heteroatoms. The second-order valence-corrected chi connectivity index (χ2v) is 5.08. The molecule has 3 rings (SSSR count). The molecule has 2 aromatic rings. The lowest BCUT2D eigenvalue weighted by Crippen LogP contribution is -2.18. The summed E-state index contributed by atoms with van der Waals surface area (Å²) in [6.07, 6.45) is -0.668. The molecule has 2 atom stereocenters. The Labute approximate surface area is 108 Å². The normalized spacial score (nSPS) is 22.9. The number of halogens is 3. The highest BCUT2D eigenvalue weighted by atomic mass is 19.4. The van der Waals surface area contributed by atoms with Crippen LogP contribution in [0.2, 0.25) is 0 Å². The Kier molecular flexibility index (Phi) is 2.76. The molecule has 102 valence electrons. The lowest BCUT2D eigenvalue weighted by atomic mass is 10.2. The monoisotopic (exact) mass is 269 g/mol. The van der Waals surface area contributed by atoms with Crippen LogP contribution in [0.5, 0.6) is 0 Å². The first-order valence-corrected chi connectivity index (χ1v) is 6.37. The molecule has 2 aromatic heterocycles. The van der Waals surface area contributed by atoms with E-state index < -0.39 is 12.7 Å². The van der Waals surface area contributed by atoms with Crippen LogP contribution >= 0.6 is 0 Å². The van der Waals surface area contributed by atoms with Crippen LogP contribution in [0.25, 0.3) is 11.0 Å². The summed E-state index contributed by atoms with van der Waals surface area (Å²) in [6, 6.07) is 3.71. The number of hydrogen-bond donors (Lipinski definition) is 0. The van der Waals surface area contributed by atoms with Crippen molar-refractivity contribution in [2.75, 3.05) is 0 Å². The second kappa shape index (κ2) is 4.21. The van der Waals surface area contributed by atoms with E-state index in [2.05, 4.69) is 17.0 Å². The lowest BCUT2D eigenvalue weighted by Gasteiger charge is -2.07. The number of fused-ring (bicyclic) bond motifs is 1. The zero-order chi connectivity index (χ0) is 13.6. The molecule has 0 N–H and O–H groups in total. The highest BCUT2D eigenvalue weighted by Crippen LogP contribution is 2.48. The molecule has 0 aromatic carbocycles. The standard InChI is InChI=1S/C13H14F3N3/c1-2-8-5-10(8)11-4-3-9-6-17-19(12(9)18-11)7-13(14,15)16/h3-4,6,8,10H,2,5,7H2,1H3/t8-,10-/m0/s1.